The molecule has 4 N–H and O–H groups in total. The van der Waals surface area contributed by atoms with Gasteiger partial charge >= 0.3 is 0 Å². The van der Waals surface area contributed by atoms with Crippen LogP contribution < -0.4 is 10.6 Å². The molecule has 1 fully saturated rings. The minimum absolute atomic E-state index is 0.250. The summed E-state index contributed by atoms with van der Waals surface area (Å²) in [6, 6.07) is 18.4. The Bertz CT molecular complexity index is 1530. The molecule has 0 radical (unpaired) electrons. The second kappa shape index (κ2) is 23.1. The molecule has 1 amide bonds. The molecule has 49 heavy (non-hydrogen) atoms. The number of methoxy groups -OCH3 is 1. The highest BCUT2D eigenvalue weighted by Gasteiger charge is 2.22. The number of halogens is 2. The van der Waals surface area contributed by atoms with Gasteiger partial charge in [0.15, 0.2) is 0 Å². The number of phenols is 1. The molecule has 0 saturated carbocycles. The van der Waals surface area contributed by atoms with Crippen molar-refractivity contribution in [3.63, 3.8) is 0 Å². The van der Waals surface area contributed by atoms with Gasteiger partial charge < -0.3 is 30.5 Å². The van der Waals surface area contributed by atoms with Crippen molar-refractivity contribution < 1.29 is 24.1 Å². The highest BCUT2D eigenvalue weighted by atomic mass is 35.5. The fourth-order valence-corrected chi connectivity index (χ4v) is 5.77. The van der Waals surface area contributed by atoms with Crippen molar-refractivity contribution in [2.75, 3.05) is 58.5 Å². The number of likely N-dealkylation sites (tertiary alicyclic amines) is 1. The normalized spacial score (nSPS) is 13.5. The maximum atomic E-state index is 14.0. The number of phenolic OH excluding ortho intramolecular Hbond substituents is 1. The summed E-state index contributed by atoms with van der Waals surface area (Å²) in [7, 11) is 2.72. The summed E-state index contributed by atoms with van der Waals surface area (Å²) in [5.41, 5.74) is 9.80. The van der Waals surface area contributed by atoms with E-state index in [4.69, 9.17) is 26.2 Å². The van der Waals surface area contributed by atoms with Crippen LogP contribution in [-0.2, 0) is 22.4 Å². The molecular formula is C38H49ClFN5O4. The Morgan fingerprint density at radius 2 is 1.82 bits per heavy atom. The standard InChI is InChI=1S/C36H42ClFN4O2.CH3NO.CH4O/c1-39-34(10-5-4-8-29-12-13-31(37)26-33(29)38)30-15-17-41(18-16-30)19-20-42(21-22-44-3)36-14-11-28(25-35(36)40-2)23-27-7-6-9-32(43)24-27;2-1-3;1-2/h4-7,9-14,24-26,30,43H,1-2,8,15-23H2,3H3;1H,(H2,2,3);2H,1H3/b5-4-,34-10-;;. The fraction of sp³-hybridized carbons (Fsp3) is 0.342. The molecule has 0 spiro atoms. The van der Waals surface area contributed by atoms with Crippen LogP contribution >= 0.6 is 11.6 Å². The molecule has 1 aliphatic heterocycles. The van der Waals surface area contributed by atoms with E-state index in [1.807, 2.05) is 30.4 Å². The van der Waals surface area contributed by atoms with Crippen molar-refractivity contribution in [1.82, 2.24) is 4.90 Å². The molecule has 264 valence electrons. The van der Waals surface area contributed by atoms with Gasteiger partial charge in [-0.15, -0.1) is 0 Å². The molecule has 0 aromatic heterocycles. The average molecular weight is 694 g/mol. The van der Waals surface area contributed by atoms with E-state index in [1.54, 1.807) is 31.4 Å². The number of nitrogens with two attached hydrogens (primary N) is 1. The lowest BCUT2D eigenvalue weighted by molar-refractivity contribution is -0.106. The lowest BCUT2D eigenvalue weighted by Gasteiger charge is -2.34. The van der Waals surface area contributed by atoms with Crippen LogP contribution in [0.25, 0.3) is 0 Å². The summed E-state index contributed by atoms with van der Waals surface area (Å²) in [4.78, 5) is 22.1. The molecule has 3 aromatic rings. The highest BCUT2D eigenvalue weighted by molar-refractivity contribution is 6.30. The molecule has 4 rings (SSSR count). The van der Waals surface area contributed by atoms with E-state index in [-0.39, 0.29) is 18.0 Å². The number of aliphatic hydroxyl groups excluding tert-OH is 1. The van der Waals surface area contributed by atoms with Crippen LogP contribution in [0.3, 0.4) is 0 Å². The number of rotatable bonds is 15. The van der Waals surface area contributed by atoms with E-state index in [9.17, 15) is 9.50 Å². The second-order valence-corrected chi connectivity index (χ2v) is 11.6. The minimum atomic E-state index is -0.291. The number of nitrogens with zero attached hydrogens (tertiary/aromatic N) is 4. The number of anilines is 1. The van der Waals surface area contributed by atoms with Gasteiger partial charge in [-0.05, 0) is 111 Å². The molecule has 0 unspecified atom stereocenters. The van der Waals surface area contributed by atoms with Gasteiger partial charge in [-0.2, -0.15) is 0 Å². The summed E-state index contributed by atoms with van der Waals surface area (Å²) >= 11 is 5.85. The number of piperidine rings is 1. The van der Waals surface area contributed by atoms with Crippen LogP contribution in [0, 0.1) is 11.7 Å². The summed E-state index contributed by atoms with van der Waals surface area (Å²) in [6.07, 6.45) is 9.34. The van der Waals surface area contributed by atoms with Crippen LogP contribution in [0.4, 0.5) is 15.8 Å². The van der Waals surface area contributed by atoms with Crippen molar-refractivity contribution in [1.29, 1.82) is 0 Å². The summed E-state index contributed by atoms with van der Waals surface area (Å²) in [5.74, 6) is 0.324. The number of primary amides is 1. The third kappa shape index (κ3) is 14.0. The average Bonchev–Trinajstić information content (AvgIpc) is 3.11. The Hall–Kier alpha value is -4.35. The van der Waals surface area contributed by atoms with Crippen LogP contribution in [0.15, 0.2) is 94.6 Å². The molecule has 1 saturated heterocycles. The summed E-state index contributed by atoms with van der Waals surface area (Å²) in [6.45, 7) is 12.7. The quantitative estimate of drug-likeness (QED) is 0.0967. The minimum Gasteiger partial charge on any atom is -0.508 e. The lowest BCUT2D eigenvalue weighted by Crippen LogP contribution is -2.41. The number of carbonyl (C=O) groups is 1. The predicted molar refractivity (Wildman–Crippen MR) is 200 cm³/mol. The van der Waals surface area contributed by atoms with Gasteiger partial charge in [0.2, 0.25) is 6.41 Å². The third-order valence-corrected chi connectivity index (χ3v) is 8.30. The third-order valence-electron chi connectivity index (χ3n) is 8.07. The molecule has 1 aliphatic rings. The van der Waals surface area contributed by atoms with Crippen LogP contribution in [0.2, 0.25) is 5.02 Å². The molecule has 11 heteroatoms. The van der Waals surface area contributed by atoms with Crippen LogP contribution in [0.1, 0.15) is 29.5 Å². The lowest BCUT2D eigenvalue weighted by atomic mass is 9.93. The van der Waals surface area contributed by atoms with E-state index < -0.39 is 0 Å². The van der Waals surface area contributed by atoms with Crippen LogP contribution in [0.5, 0.6) is 5.75 Å². The van der Waals surface area contributed by atoms with Crippen molar-refractivity contribution in [3.8, 4) is 5.75 Å². The second-order valence-electron chi connectivity index (χ2n) is 11.2. The van der Waals surface area contributed by atoms with E-state index in [1.165, 1.54) is 6.07 Å². The number of aliphatic imine (C=N–C) groups is 2. The molecule has 0 bridgehead atoms. The number of aromatic hydroxyl groups is 1. The smallest absolute Gasteiger partial charge is 0.204 e. The number of hydrogen-bond donors (Lipinski definition) is 3. The zero-order chi connectivity index (χ0) is 36.0. The zero-order valence-corrected chi connectivity index (χ0v) is 29.2. The molecular weight excluding hydrogens is 645 g/mol. The monoisotopic (exact) mass is 693 g/mol. The van der Waals surface area contributed by atoms with Gasteiger partial charge in [0, 0.05) is 50.5 Å². The number of hydrogen-bond acceptors (Lipinski definition) is 8. The van der Waals surface area contributed by atoms with E-state index in [0.29, 0.717) is 36.0 Å². The Morgan fingerprint density at radius 3 is 2.45 bits per heavy atom. The van der Waals surface area contributed by atoms with E-state index in [2.05, 4.69) is 57.2 Å². The summed E-state index contributed by atoms with van der Waals surface area (Å²) in [5, 5.41) is 17.2. The molecule has 0 atom stereocenters. The first-order valence-electron chi connectivity index (χ1n) is 16.0. The number of allylic oxidation sites excluding steroid dienone is 4. The Balaban J connectivity index is 0.00000158. The first-order chi connectivity index (χ1) is 23.8. The largest absolute Gasteiger partial charge is 0.508 e. The predicted octanol–water partition coefficient (Wildman–Crippen LogP) is 6.37. The van der Waals surface area contributed by atoms with Gasteiger partial charge in [-0.3, -0.25) is 14.8 Å². The highest BCUT2D eigenvalue weighted by Crippen LogP contribution is 2.31. The number of benzene rings is 3. The maximum absolute atomic E-state index is 14.0. The van der Waals surface area contributed by atoms with Crippen molar-refractivity contribution in [3.05, 3.63) is 112 Å². The Kier molecular flexibility index (Phi) is 19.2. The van der Waals surface area contributed by atoms with Crippen molar-refractivity contribution in [2.24, 2.45) is 21.6 Å². The van der Waals surface area contributed by atoms with Crippen molar-refractivity contribution >= 4 is 42.8 Å². The van der Waals surface area contributed by atoms with E-state index >= 15 is 0 Å². The Morgan fingerprint density at radius 1 is 1.10 bits per heavy atom. The van der Waals surface area contributed by atoms with Crippen molar-refractivity contribution in [2.45, 2.75) is 25.7 Å². The molecule has 1 heterocycles. The van der Waals surface area contributed by atoms with Gasteiger partial charge in [-0.25, -0.2) is 4.39 Å². The van der Waals surface area contributed by atoms with Gasteiger partial charge in [0.25, 0.3) is 0 Å². The number of aliphatic hydroxyl groups is 1. The number of ether oxygens (including phenoxy) is 1. The van der Waals surface area contributed by atoms with Gasteiger partial charge in [-0.1, -0.05) is 48.0 Å². The van der Waals surface area contributed by atoms with E-state index in [0.717, 1.165) is 80.9 Å². The molecule has 9 nitrogen and oxygen atoms in total. The van der Waals surface area contributed by atoms with Gasteiger partial charge in [0.05, 0.1) is 18.0 Å². The first-order valence-corrected chi connectivity index (χ1v) is 16.4. The SMILES string of the molecule is C=N/C(=C\C=C/Cc1ccc(Cl)cc1F)C1CCN(CCN(CCOC)c2ccc(Cc3cccc(O)c3)cc2N=C)CC1.CO.NC=O. The topological polar surface area (TPSA) is 124 Å². The zero-order valence-electron chi connectivity index (χ0n) is 28.5. The first kappa shape index (κ1) is 40.8. The number of carbonyl (C=O) groups excluding carboxylic acids is 1. The maximum Gasteiger partial charge on any atom is 0.204 e. The fourth-order valence-electron chi connectivity index (χ4n) is 5.61. The summed E-state index contributed by atoms with van der Waals surface area (Å²) < 4.78 is 19.5. The van der Waals surface area contributed by atoms with Gasteiger partial charge in [0.1, 0.15) is 11.6 Å². The molecule has 3 aromatic carbocycles. The Labute approximate surface area is 294 Å². The number of amides is 1. The molecule has 0 aliphatic carbocycles. The van der Waals surface area contributed by atoms with Crippen LogP contribution in [-0.4, -0.2) is 88.5 Å².